The second-order valence-electron chi connectivity index (χ2n) is 8.29. The molecule has 0 fully saturated rings. The summed E-state index contributed by atoms with van der Waals surface area (Å²) < 4.78 is 114. The molecule has 0 bridgehead atoms. The molecule has 0 aliphatic carbocycles. The molecule has 5 N–H and O–H groups in total. The fraction of sp³-hybridized carbons (Fsp3) is 0.0952. The van der Waals surface area contributed by atoms with Crippen LogP contribution in [0.4, 0.5) is 23.0 Å². The topological polar surface area (TPSA) is 291 Å². The number of aromatic hydroxyl groups is 1. The van der Waals surface area contributed by atoms with Gasteiger partial charge in [-0.25, -0.2) is 14.2 Å². The Morgan fingerprint density at radius 3 is 2.23 bits per heavy atom. The van der Waals surface area contributed by atoms with Crippen molar-refractivity contribution in [2.24, 2.45) is 10.2 Å². The van der Waals surface area contributed by atoms with E-state index in [9.17, 15) is 44.0 Å². The number of fused-ring (bicyclic) bond motifs is 1. The van der Waals surface area contributed by atoms with Crippen LogP contribution < -0.4 is 5.32 Å². The zero-order chi connectivity index (χ0) is 32.4. The van der Waals surface area contributed by atoms with Gasteiger partial charge in [0.2, 0.25) is 11.2 Å². The summed E-state index contributed by atoms with van der Waals surface area (Å²) in [5.41, 5.74) is -0.995. The molecule has 4 rings (SSSR count). The largest absolute Gasteiger partial charge is 0.611 e. The van der Waals surface area contributed by atoms with Crippen LogP contribution in [0.3, 0.4) is 0 Å². The summed E-state index contributed by atoms with van der Waals surface area (Å²) in [5.74, 6) is -1.42. The Hall–Kier alpha value is -3.58. The maximum Gasteiger partial charge on any atom is 0.397 e. The number of halogens is 1. The number of hydrogen-bond donors (Lipinski definition) is 5. The number of nitrogens with one attached hydrogen (secondary N) is 1. The molecule has 18 nitrogen and oxygen atoms in total. The van der Waals surface area contributed by atoms with Crippen molar-refractivity contribution in [3.05, 3.63) is 54.1 Å². The van der Waals surface area contributed by atoms with Gasteiger partial charge >= 0.3 is 10.4 Å². The van der Waals surface area contributed by atoms with Crippen LogP contribution in [0.1, 0.15) is 0 Å². The first-order valence-corrected chi connectivity index (χ1v) is 17.3. The van der Waals surface area contributed by atoms with Gasteiger partial charge in [-0.3, -0.25) is 13.7 Å². The van der Waals surface area contributed by atoms with Crippen LogP contribution in [-0.2, 0) is 46.0 Å². The Labute approximate surface area is 256 Å². The van der Waals surface area contributed by atoms with Crippen molar-refractivity contribution in [3.8, 4) is 5.75 Å². The van der Waals surface area contributed by atoms with E-state index in [1.54, 1.807) is 0 Å². The van der Waals surface area contributed by atoms with Crippen LogP contribution in [0.5, 0.6) is 5.75 Å². The summed E-state index contributed by atoms with van der Waals surface area (Å²) in [7, 11) is -14.7. The van der Waals surface area contributed by atoms with Gasteiger partial charge in [0.25, 0.3) is 20.2 Å². The van der Waals surface area contributed by atoms with Crippen molar-refractivity contribution in [3.63, 3.8) is 0 Å². The van der Waals surface area contributed by atoms with Crippen LogP contribution in [0, 0.1) is 0 Å². The van der Waals surface area contributed by atoms with E-state index in [4.69, 9.17) is 16.2 Å². The van der Waals surface area contributed by atoms with E-state index in [2.05, 4.69) is 34.7 Å². The predicted octanol–water partition coefficient (Wildman–Crippen LogP) is 2.96. The highest BCUT2D eigenvalue weighted by Gasteiger charge is 2.26. The average molecular weight is 709 g/mol. The van der Waals surface area contributed by atoms with E-state index < -0.39 is 69.6 Å². The molecule has 1 heterocycles. The molecular weight excluding hydrogens is 692 g/mol. The number of phenols is 1. The van der Waals surface area contributed by atoms with Gasteiger partial charge in [-0.2, -0.15) is 35.4 Å². The average Bonchev–Trinajstić information content (AvgIpc) is 2.90. The molecule has 234 valence electrons. The molecule has 44 heavy (non-hydrogen) atoms. The van der Waals surface area contributed by atoms with Crippen molar-refractivity contribution in [1.29, 1.82) is 0 Å². The third-order valence-corrected chi connectivity index (χ3v) is 9.03. The Morgan fingerprint density at radius 2 is 1.64 bits per heavy atom. The Kier molecular flexibility index (Phi) is 9.69. The standard InChI is InChI=1S/C21H17ClN6O12S4/c22-20-23-10-24-21(26-20)25-15-9-14(42(31,32)33)7-11-8-16(43(34,35)36)18(19(29)17(11)15)28-27-12-1-3-13(4-2-12)41(30)6-5-40-44(37,38)39/h1-4,7-10,29H,5-6H2,(H,31,32,33)(H,34,35,36)(H,37,38,39)(H,23,24,25,26)/b28-27+. The number of hydrogen-bond acceptors (Lipinski definition) is 15. The van der Waals surface area contributed by atoms with E-state index in [-0.39, 0.29) is 44.0 Å². The molecule has 0 saturated carbocycles. The van der Waals surface area contributed by atoms with Gasteiger partial charge in [-0.15, -0.1) is 5.11 Å². The van der Waals surface area contributed by atoms with Crippen LogP contribution in [-0.4, -0.2) is 75.9 Å². The maximum atomic E-state index is 12.3. The summed E-state index contributed by atoms with van der Waals surface area (Å²) in [4.78, 5) is 9.70. The molecule has 23 heteroatoms. The molecule has 0 aliphatic heterocycles. The second kappa shape index (κ2) is 12.8. The molecule has 0 amide bonds. The SMILES string of the molecule is O=S(=O)(O)OCC[S+]([O-])c1ccc(/N=N/c2c(S(=O)(=O)O)cc3cc(S(=O)(=O)O)cc(Nc4ncnc(Cl)n4)c3c2O)cc1. The van der Waals surface area contributed by atoms with Gasteiger partial charge in [0, 0.05) is 5.39 Å². The summed E-state index contributed by atoms with van der Waals surface area (Å²) >= 11 is 4.02. The number of anilines is 2. The lowest BCUT2D eigenvalue weighted by Gasteiger charge is -2.14. The van der Waals surface area contributed by atoms with Crippen molar-refractivity contribution < 1.29 is 52.8 Å². The first-order chi connectivity index (χ1) is 20.4. The lowest BCUT2D eigenvalue weighted by Crippen LogP contribution is -2.15. The van der Waals surface area contributed by atoms with Crippen LogP contribution in [0.15, 0.2) is 73.7 Å². The van der Waals surface area contributed by atoms with Gasteiger partial charge in [-0.1, -0.05) is 0 Å². The molecule has 0 aliphatic rings. The molecule has 1 atom stereocenters. The molecule has 1 unspecified atom stereocenters. The molecule has 1 aromatic heterocycles. The summed E-state index contributed by atoms with van der Waals surface area (Å²) in [6.07, 6.45) is 1.01. The Bertz CT molecular complexity index is 2100. The number of nitrogens with zero attached hydrogens (tertiary/aromatic N) is 5. The van der Waals surface area contributed by atoms with Crippen molar-refractivity contribution in [1.82, 2.24) is 15.0 Å². The zero-order valence-electron chi connectivity index (χ0n) is 21.3. The Balaban J connectivity index is 1.79. The minimum absolute atomic E-state index is 0.0422. The fourth-order valence-electron chi connectivity index (χ4n) is 3.56. The van der Waals surface area contributed by atoms with Gasteiger partial charge in [0.05, 0.1) is 16.3 Å². The fourth-order valence-corrected chi connectivity index (χ4v) is 6.20. The molecule has 0 spiro atoms. The zero-order valence-corrected chi connectivity index (χ0v) is 25.4. The second-order valence-corrected chi connectivity index (χ2v) is 14.1. The smallest absolute Gasteiger partial charge is 0.397 e. The third kappa shape index (κ3) is 8.32. The first kappa shape index (κ1) is 33.3. The molecule has 3 aromatic carbocycles. The minimum Gasteiger partial charge on any atom is -0.611 e. The first-order valence-electron chi connectivity index (χ1n) is 11.3. The molecule has 0 radical (unpaired) electrons. The highest BCUT2D eigenvalue weighted by molar-refractivity contribution is 7.91. The van der Waals surface area contributed by atoms with Gasteiger partial charge in [0.1, 0.15) is 29.3 Å². The van der Waals surface area contributed by atoms with Crippen LogP contribution >= 0.6 is 11.6 Å². The summed E-state index contributed by atoms with van der Waals surface area (Å²) in [6, 6.07) is 7.71. The van der Waals surface area contributed by atoms with E-state index in [0.29, 0.717) is 0 Å². The number of benzene rings is 3. The molecule has 0 saturated heterocycles. The minimum atomic E-state index is -5.12. The predicted molar refractivity (Wildman–Crippen MR) is 153 cm³/mol. The number of aromatic nitrogens is 3. The normalized spacial score (nSPS) is 13.4. The Morgan fingerprint density at radius 1 is 0.955 bits per heavy atom. The number of azo groups is 1. The molecular formula is C21H17ClN6O12S4. The number of phenolic OH excluding ortho intramolecular Hbond substituents is 1. The van der Waals surface area contributed by atoms with Crippen molar-refractivity contribution >= 4 is 87.2 Å². The maximum absolute atomic E-state index is 12.3. The van der Waals surface area contributed by atoms with Crippen LogP contribution in [0.2, 0.25) is 5.28 Å². The number of rotatable bonds is 11. The van der Waals surface area contributed by atoms with E-state index in [1.807, 2.05) is 0 Å². The van der Waals surface area contributed by atoms with E-state index in [1.165, 1.54) is 24.3 Å². The highest BCUT2D eigenvalue weighted by atomic mass is 35.5. The lowest BCUT2D eigenvalue weighted by atomic mass is 10.1. The van der Waals surface area contributed by atoms with Gasteiger partial charge < -0.3 is 15.0 Å². The van der Waals surface area contributed by atoms with Gasteiger partial charge in [-0.05, 0) is 70.6 Å². The van der Waals surface area contributed by atoms with Crippen LogP contribution in [0.25, 0.3) is 10.8 Å². The van der Waals surface area contributed by atoms with Gasteiger partial charge in [0.15, 0.2) is 10.6 Å². The summed E-state index contributed by atoms with van der Waals surface area (Å²) in [6.45, 7) is -0.560. The van der Waals surface area contributed by atoms with Crippen molar-refractivity contribution in [2.75, 3.05) is 17.7 Å². The monoisotopic (exact) mass is 708 g/mol. The van der Waals surface area contributed by atoms with Crippen molar-refractivity contribution in [2.45, 2.75) is 14.7 Å². The van der Waals surface area contributed by atoms with E-state index in [0.717, 1.165) is 24.5 Å². The quantitative estimate of drug-likeness (QED) is 0.0849. The third-order valence-electron chi connectivity index (χ3n) is 5.35. The van der Waals surface area contributed by atoms with E-state index >= 15 is 0 Å². The lowest BCUT2D eigenvalue weighted by molar-refractivity contribution is 0.283. The summed E-state index contributed by atoms with van der Waals surface area (Å²) in [5, 5.41) is 20.5. The highest BCUT2D eigenvalue weighted by Crippen LogP contribution is 2.45. The molecule has 4 aromatic rings.